The first-order valence-electron chi connectivity index (χ1n) is 4.72. The van der Waals surface area contributed by atoms with Crippen molar-refractivity contribution in [3.63, 3.8) is 0 Å². The van der Waals surface area contributed by atoms with Crippen molar-refractivity contribution in [1.29, 1.82) is 0 Å². The Morgan fingerprint density at radius 1 is 1.33 bits per heavy atom. The van der Waals surface area contributed by atoms with Crippen LogP contribution in [0.2, 0.25) is 0 Å². The highest BCUT2D eigenvalue weighted by atomic mass is 16.5. The van der Waals surface area contributed by atoms with E-state index >= 15 is 0 Å². The third-order valence-electron chi connectivity index (χ3n) is 1.90. The van der Waals surface area contributed by atoms with Gasteiger partial charge in [-0.1, -0.05) is 13.8 Å². The zero-order valence-electron chi connectivity index (χ0n) is 8.59. The van der Waals surface area contributed by atoms with Crippen LogP contribution in [-0.4, -0.2) is 18.5 Å². The van der Waals surface area contributed by atoms with Crippen LogP contribution >= 0.6 is 0 Å². The number of carbonyl (C=O) groups excluding carboxylic acids is 1. The molecule has 0 N–H and O–H groups in total. The van der Waals surface area contributed by atoms with Crippen molar-refractivity contribution >= 4 is 5.78 Å². The third-order valence-corrected chi connectivity index (χ3v) is 1.90. The number of ketones is 1. The van der Waals surface area contributed by atoms with Gasteiger partial charge in [0.1, 0.15) is 5.78 Å². The first-order chi connectivity index (χ1) is 5.57. The summed E-state index contributed by atoms with van der Waals surface area (Å²) in [4.78, 5) is 11.1. The van der Waals surface area contributed by atoms with Gasteiger partial charge in [-0.25, -0.2) is 0 Å². The first-order valence-corrected chi connectivity index (χ1v) is 4.72. The Labute approximate surface area is 75.3 Å². The monoisotopic (exact) mass is 172 g/mol. The minimum absolute atomic E-state index is 0.161. The molecule has 2 nitrogen and oxygen atoms in total. The summed E-state index contributed by atoms with van der Waals surface area (Å²) in [5.41, 5.74) is 0. The Bertz CT molecular complexity index is 130. The largest absolute Gasteiger partial charge is 0.379 e. The van der Waals surface area contributed by atoms with Crippen molar-refractivity contribution in [2.75, 3.05) is 6.61 Å². The molecule has 72 valence electrons. The van der Waals surface area contributed by atoms with E-state index in [1.807, 2.05) is 27.7 Å². The molecular weight excluding hydrogens is 152 g/mol. The van der Waals surface area contributed by atoms with Crippen LogP contribution in [0.4, 0.5) is 0 Å². The van der Waals surface area contributed by atoms with Gasteiger partial charge < -0.3 is 4.74 Å². The summed E-state index contributed by atoms with van der Waals surface area (Å²) in [5.74, 6) is 0.496. The van der Waals surface area contributed by atoms with Crippen LogP contribution in [0.25, 0.3) is 0 Å². The number of Topliss-reactive ketones (excluding diaryl/α,β-unsaturated/α-hetero) is 1. The predicted octanol–water partition coefficient (Wildman–Crippen LogP) is 2.42. The molecule has 0 aliphatic rings. The van der Waals surface area contributed by atoms with Crippen molar-refractivity contribution in [1.82, 2.24) is 0 Å². The van der Waals surface area contributed by atoms with Gasteiger partial charge in [-0.2, -0.15) is 0 Å². The lowest BCUT2D eigenvalue weighted by molar-refractivity contribution is -0.122. The van der Waals surface area contributed by atoms with E-state index in [4.69, 9.17) is 4.74 Å². The van der Waals surface area contributed by atoms with Crippen LogP contribution < -0.4 is 0 Å². The normalized spacial score (nSPS) is 13.4. The lowest BCUT2D eigenvalue weighted by Crippen LogP contribution is -2.14. The van der Waals surface area contributed by atoms with Gasteiger partial charge >= 0.3 is 0 Å². The van der Waals surface area contributed by atoms with E-state index in [1.54, 1.807) is 0 Å². The van der Waals surface area contributed by atoms with E-state index < -0.39 is 0 Å². The van der Waals surface area contributed by atoms with Gasteiger partial charge in [-0.05, 0) is 20.3 Å². The molecule has 0 radical (unpaired) electrons. The summed E-state index contributed by atoms with van der Waals surface area (Å²) in [6.45, 7) is 8.58. The smallest absolute Gasteiger partial charge is 0.135 e. The molecule has 1 atom stereocenters. The summed E-state index contributed by atoms with van der Waals surface area (Å²) in [5, 5.41) is 0. The summed E-state index contributed by atoms with van der Waals surface area (Å²) in [6.07, 6.45) is 1.77. The predicted molar refractivity (Wildman–Crippen MR) is 50.2 cm³/mol. The molecule has 12 heavy (non-hydrogen) atoms. The average molecular weight is 172 g/mol. The summed E-state index contributed by atoms with van der Waals surface area (Å²) < 4.78 is 5.35. The van der Waals surface area contributed by atoms with Gasteiger partial charge in [0, 0.05) is 18.9 Å². The molecule has 1 unspecified atom stereocenters. The Morgan fingerprint density at radius 3 is 2.33 bits per heavy atom. The SMILES string of the molecule is CCC(=O)C(C)CCOC(C)C. The van der Waals surface area contributed by atoms with E-state index in [2.05, 4.69) is 0 Å². The molecule has 0 aliphatic heterocycles. The number of ether oxygens (including phenoxy) is 1. The molecule has 0 saturated heterocycles. The van der Waals surface area contributed by atoms with Crippen molar-refractivity contribution in [2.24, 2.45) is 5.92 Å². The lowest BCUT2D eigenvalue weighted by atomic mass is 10.0. The van der Waals surface area contributed by atoms with Crippen LogP contribution in [0.1, 0.15) is 40.5 Å². The van der Waals surface area contributed by atoms with E-state index in [0.717, 1.165) is 6.42 Å². The molecule has 0 amide bonds. The highest BCUT2D eigenvalue weighted by Gasteiger charge is 2.09. The summed E-state index contributed by atoms with van der Waals surface area (Å²) in [6, 6.07) is 0. The molecule has 0 rings (SSSR count). The quantitative estimate of drug-likeness (QED) is 0.615. The minimum atomic E-state index is 0.161. The van der Waals surface area contributed by atoms with Crippen molar-refractivity contribution in [2.45, 2.75) is 46.6 Å². The van der Waals surface area contributed by atoms with E-state index in [9.17, 15) is 4.79 Å². The highest BCUT2D eigenvalue weighted by Crippen LogP contribution is 2.06. The molecule has 0 fully saturated rings. The minimum Gasteiger partial charge on any atom is -0.379 e. The highest BCUT2D eigenvalue weighted by molar-refractivity contribution is 5.80. The molecule has 0 spiro atoms. The zero-order valence-corrected chi connectivity index (χ0v) is 8.59. The number of rotatable bonds is 6. The van der Waals surface area contributed by atoms with Gasteiger partial charge in [-0.15, -0.1) is 0 Å². The molecule has 0 saturated carbocycles. The molecule has 0 aromatic heterocycles. The second kappa shape index (κ2) is 6.18. The average Bonchev–Trinajstić information content (AvgIpc) is 2.02. The molecule has 0 heterocycles. The van der Waals surface area contributed by atoms with Crippen LogP contribution in [-0.2, 0) is 9.53 Å². The van der Waals surface area contributed by atoms with Crippen molar-refractivity contribution < 1.29 is 9.53 Å². The number of carbonyl (C=O) groups is 1. The maximum Gasteiger partial charge on any atom is 0.135 e. The maximum absolute atomic E-state index is 11.1. The molecule has 0 aromatic rings. The molecule has 0 aromatic carbocycles. The van der Waals surface area contributed by atoms with Crippen LogP contribution in [0, 0.1) is 5.92 Å². The van der Waals surface area contributed by atoms with Gasteiger partial charge in [0.25, 0.3) is 0 Å². The first kappa shape index (κ1) is 11.6. The van der Waals surface area contributed by atoms with Gasteiger partial charge in [-0.3, -0.25) is 4.79 Å². The molecule has 0 aliphatic carbocycles. The summed E-state index contributed by atoms with van der Waals surface area (Å²) >= 11 is 0. The topological polar surface area (TPSA) is 26.3 Å². The van der Waals surface area contributed by atoms with Crippen LogP contribution in [0.5, 0.6) is 0 Å². The fraction of sp³-hybridized carbons (Fsp3) is 0.900. The van der Waals surface area contributed by atoms with Crippen LogP contribution in [0.3, 0.4) is 0 Å². The number of hydrogen-bond donors (Lipinski definition) is 0. The Morgan fingerprint density at radius 2 is 1.92 bits per heavy atom. The zero-order chi connectivity index (χ0) is 9.56. The second-order valence-electron chi connectivity index (χ2n) is 3.43. The summed E-state index contributed by atoms with van der Waals surface area (Å²) in [7, 11) is 0. The molecular formula is C10H20O2. The molecule has 2 heteroatoms. The van der Waals surface area contributed by atoms with Gasteiger partial charge in [0.2, 0.25) is 0 Å². The van der Waals surface area contributed by atoms with E-state index in [0.29, 0.717) is 18.8 Å². The van der Waals surface area contributed by atoms with Gasteiger partial charge in [0.05, 0.1) is 6.10 Å². The second-order valence-corrected chi connectivity index (χ2v) is 3.43. The Kier molecular flexibility index (Phi) is 5.99. The Hall–Kier alpha value is -0.370. The van der Waals surface area contributed by atoms with Crippen molar-refractivity contribution in [3.05, 3.63) is 0 Å². The lowest BCUT2D eigenvalue weighted by Gasteiger charge is -2.11. The Balaban J connectivity index is 3.43. The van der Waals surface area contributed by atoms with E-state index in [-0.39, 0.29) is 12.0 Å². The van der Waals surface area contributed by atoms with Gasteiger partial charge in [0.15, 0.2) is 0 Å². The molecule has 0 bridgehead atoms. The maximum atomic E-state index is 11.1. The standard InChI is InChI=1S/C10H20O2/c1-5-10(11)9(4)6-7-12-8(2)3/h8-9H,5-7H2,1-4H3. The van der Waals surface area contributed by atoms with Crippen LogP contribution in [0.15, 0.2) is 0 Å². The number of hydrogen-bond acceptors (Lipinski definition) is 2. The third kappa shape index (κ3) is 5.30. The fourth-order valence-corrected chi connectivity index (χ4v) is 0.990. The fourth-order valence-electron chi connectivity index (χ4n) is 0.990. The van der Waals surface area contributed by atoms with E-state index in [1.165, 1.54) is 0 Å². The van der Waals surface area contributed by atoms with Crippen molar-refractivity contribution in [3.8, 4) is 0 Å².